The third-order valence-electron chi connectivity index (χ3n) is 5.16. The van der Waals surface area contributed by atoms with Gasteiger partial charge in [-0.15, -0.1) is 0 Å². The Balaban J connectivity index is 1.39. The van der Waals surface area contributed by atoms with Crippen LogP contribution in [0.2, 0.25) is 0 Å². The molecule has 1 amide bonds. The van der Waals surface area contributed by atoms with Gasteiger partial charge in [0, 0.05) is 18.7 Å². The van der Waals surface area contributed by atoms with E-state index in [0.29, 0.717) is 30.1 Å². The third kappa shape index (κ3) is 3.68. The highest BCUT2D eigenvalue weighted by Crippen LogP contribution is 2.33. The Morgan fingerprint density at radius 3 is 2.59 bits per heavy atom. The number of benzene rings is 2. The van der Waals surface area contributed by atoms with Crippen LogP contribution < -0.4 is 0 Å². The summed E-state index contributed by atoms with van der Waals surface area (Å²) in [5.74, 6) is -0.473. The first-order chi connectivity index (χ1) is 13.1. The number of aromatic carboxylic acids is 1. The van der Waals surface area contributed by atoms with Gasteiger partial charge >= 0.3 is 5.97 Å². The molecule has 2 aromatic rings. The minimum Gasteiger partial charge on any atom is -0.478 e. The van der Waals surface area contributed by atoms with Gasteiger partial charge in [0.05, 0.1) is 16.9 Å². The van der Waals surface area contributed by atoms with Crippen molar-refractivity contribution in [1.29, 1.82) is 0 Å². The number of nitrogens with zero attached hydrogens (tertiary/aromatic N) is 3. The number of carboxylic acid groups (broad SMARTS) is 1. The second-order valence-electron chi connectivity index (χ2n) is 6.87. The van der Waals surface area contributed by atoms with Crippen molar-refractivity contribution in [1.82, 2.24) is 4.90 Å². The highest BCUT2D eigenvalue weighted by atomic mass is 32.1. The minimum atomic E-state index is -0.884. The molecular formula is C20H19N3O3S. The van der Waals surface area contributed by atoms with Crippen LogP contribution in [0, 0.1) is 5.92 Å². The van der Waals surface area contributed by atoms with E-state index >= 15 is 0 Å². The first-order valence-electron chi connectivity index (χ1n) is 8.94. The fourth-order valence-corrected chi connectivity index (χ4v) is 4.17. The van der Waals surface area contributed by atoms with Crippen LogP contribution in [0.1, 0.15) is 39.1 Å². The summed E-state index contributed by atoms with van der Waals surface area (Å²) in [6, 6.07) is 12.6. The second-order valence-corrected chi connectivity index (χ2v) is 7.40. The first-order valence-corrected chi connectivity index (χ1v) is 9.67. The number of carbonyl (C=O) groups is 2. The number of piperidine rings is 1. The largest absolute Gasteiger partial charge is 0.478 e. The molecule has 1 N–H and O–H groups in total. The fourth-order valence-electron chi connectivity index (χ4n) is 3.66. The van der Waals surface area contributed by atoms with E-state index in [-0.39, 0.29) is 5.91 Å². The lowest BCUT2D eigenvalue weighted by Crippen LogP contribution is -2.39. The zero-order valence-electron chi connectivity index (χ0n) is 14.7. The molecule has 2 heterocycles. The van der Waals surface area contributed by atoms with E-state index < -0.39 is 5.97 Å². The van der Waals surface area contributed by atoms with Crippen molar-refractivity contribution in [3.63, 3.8) is 0 Å². The molecule has 27 heavy (non-hydrogen) atoms. The summed E-state index contributed by atoms with van der Waals surface area (Å²) in [7, 11) is 0. The Labute approximate surface area is 160 Å². The lowest BCUT2D eigenvalue weighted by atomic mass is 9.88. The number of fused-ring (bicyclic) bond motifs is 1. The Morgan fingerprint density at radius 1 is 1.07 bits per heavy atom. The molecule has 2 aliphatic rings. The van der Waals surface area contributed by atoms with Crippen LogP contribution in [0.5, 0.6) is 0 Å². The van der Waals surface area contributed by atoms with Crippen molar-refractivity contribution in [3.8, 4) is 0 Å². The molecule has 7 heteroatoms. The zero-order chi connectivity index (χ0) is 18.8. The van der Waals surface area contributed by atoms with E-state index in [4.69, 9.17) is 0 Å². The molecule has 1 fully saturated rings. The number of carboxylic acids is 1. The SMILES string of the molecule is O=C(O)c1ccccc1CC1CCN(C(=O)c2ccc3c(c2)N=S=N3)CC1. The number of rotatable bonds is 4. The van der Waals surface area contributed by atoms with Gasteiger partial charge < -0.3 is 10.0 Å². The van der Waals surface area contributed by atoms with E-state index in [1.165, 1.54) is 0 Å². The molecule has 6 nitrogen and oxygen atoms in total. The molecule has 138 valence electrons. The monoisotopic (exact) mass is 381 g/mol. The number of hydrogen-bond donors (Lipinski definition) is 1. The summed E-state index contributed by atoms with van der Waals surface area (Å²) in [6.07, 6.45) is 2.49. The van der Waals surface area contributed by atoms with Crippen molar-refractivity contribution in [2.75, 3.05) is 13.1 Å². The van der Waals surface area contributed by atoms with Gasteiger partial charge in [0.2, 0.25) is 0 Å². The van der Waals surface area contributed by atoms with Gasteiger partial charge in [0.1, 0.15) is 11.4 Å². The van der Waals surface area contributed by atoms with Crippen LogP contribution in [0.25, 0.3) is 0 Å². The Kier molecular flexibility index (Phi) is 4.85. The number of amides is 1. The van der Waals surface area contributed by atoms with Crippen molar-refractivity contribution >= 4 is 34.6 Å². The van der Waals surface area contributed by atoms with Gasteiger partial charge in [-0.3, -0.25) is 4.79 Å². The normalized spacial score (nSPS) is 16.1. The maximum Gasteiger partial charge on any atom is 0.335 e. The van der Waals surface area contributed by atoms with Crippen molar-refractivity contribution in [3.05, 3.63) is 59.2 Å². The second kappa shape index (κ2) is 7.44. The van der Waals surface area contributed by atoms with Crippen LogP contribution in [-0.2, 0) is 17.8 Å². The van der Waals surface area contributed by atoms with Gasteiger partial charge in [-0.25, -0.2) is 4.79 Å². The quantitative estimate of drug-likeness (QED) is 0.735. The van der Waals surface area contributed by atoms with Gasteiger partial charge in [-0.05, 0) is 55.0 Å². The average Bonchev–Trinajstić information content (AvgIpc) is 3.16. The van der Waals surface area contributed by atoms with Crippen LogP contribution >= 0.6 is 0 Å². The molecule has 0 aliphatic carbocycles. The Morgan fingerprint density at radius 2 is 1.81 bits per heavy atom. The molecule has 0 spiro atoms. The highest BCUT2D eigenvalue weighted by molar-refractivity contribution is 7.58. The molecule has 0 aromatic heterocycles. The van der Waals surface area contributed by atoms with E-state index in [0.717, 1.165) is 47.6 Å². The smallest absolute Gasteiger partial charge is 0.335 e. The summed E-state index contributed by atoms with van der Waals surface area (Å²) in [5.41, 5.74) is 3.46. The summed E-state index contributed by atoms with van der Waals surface area (Å²) in [6.45, 7) is 1.37. The van der Waals surface area contributed by atoms with E-state index in [1.807, 2.05) is 23.1 Å². The molecule has 4 rings (SSSR count). The van der Waals surface area contributed by atoms with Crippen molar-refractivity contribution < 1.29 is 14.7 Å². The summed E-state index contributed by atoms with van der Waals surface area (Å²) in [4.78, 5) is 26.0. The van der Waals surface area contributed by atoms with Gasteiger partial charge in [-0.1, -0.05) is 18.2 Å². The lowest BCUT2D eigenvalue weighted by Gasteiger charge is -2.32. The maximum absolute atomic E-state index is 12.8. The van der Waals surface area contributed by atoms with Gasteiger partial charge in [0.15, 0.2) is 0 Å². The number of hydrogen-bond acceptors (Lipinski definition) is 4. The van der Waals surface area contributed by atoms with Crippen molar-refractivity contribution in [2.45, 2.75) is 19.3 Å². The standard InChI is InChI=1S/C20H19N3O3S/c24-19(15-5-6-17-18(12-15)22-27-21-17)23-9-7-13(8-10-23)11-14-3-1-2-4-16(14)20(25)26/h1-6,12-13H,7-11H2,(H,25,26). The van der Waals surface area contributed by atoms with Crippen molar-refractivity contribution in [2.24, 2.45) is 14.6 Å². The minimum absolute atomic E-state index is 0.0225. The van der Waals surface area contributed by atoms with E-state index in [1.54, 1.807) is 24.3 Å². The Hall–Kier alpha value is -2.80. The summed E-state index contributed by atoms with van der Waals surface area (Å²) >= 11 is 1.15. The van der Waals surface area contributed by atoms with E-state index in [2.05, 4.69) is 8.73 Å². The fraction of sp³-hybridized carbons (Fsp3) is 0.300. The maximum atomic E-state index is 12.8. The predicted octanol–water partition coefficient (Wildman–Crippen LogP) is 4.21. The van der Waals surface area contributed by atoms with Crippen LogP contribution in [-0.4, -0.2) is 35.0 Å². The van der Waals surface area contributed by atoms with Gasteiger partial charge in [-0.2, -0.15) is 8.73 Å². The van der Waals surface area contributed by atoms with Crippen LogP contribution in [0.4, 0.5) is 11.4 Å². The predicted molar refractivity (Wildman–Crippen MR) is 104 cm³/mol. The third-order valence-corrected chi connectivity index (χ3v) is 5.72. The first kappa shape index (κ1) is 17.6. The molecule has 0 radical (unpaired) electrons. The molecular weight excluding hydrogens is 362 g/mol. The van der Waals surface area contributed by atoms with Crippen LogP contribution in [0.3, 0.4) is 0 Å². The molecule has 2 aromatic carbocycles. The molecule has 1 saturated heterocycles. The highest BCUT2D eigenvalue weighted by Gasteiger charge is 2.25. The molecule has 0 saturated carbocycles. The lowest BCUT2D eigenvalue weighted by molar-refractivity contribution is 0.0690. The molecule has 0 atom stereocenters. The molecule has 0 unspecified atom stereocenters. The van der Waals surface area contributed by atoms with E-state index in [9.17, 15) is 14.7 Å². The van der Waals surface area contributed by atoms with Crippen LogP contribution in [0.15, 0.2) is 51.2 Å². The summed E-state index contributed by atoms with van der Waals surface area (Å²) in [5, 5.41) is 9.33. The Bertz CT molecular complexity index is 974. The number of likely N-dealkylation sites (tertiary alicyclic amines) is 1. The zero-order valence-corrected chi connectivity index (χ0v) is 15.5. The number of carbonyl (C=O) groups excluding carboxylic acids is 1. The average molecular weight is 381 g/mol. The summed E-state index contributed by atoms with van der Waals surface area (Å²) < 4.78 is 8.36. The van der Waals surface area contributed by atoms with Gasteiger partial charge in [0.25, 0.3) is 5.91 Å². The topological polar surface area (TPSA) is 82.3 Å². The molecule has 2 aliphatic heterocycles. The molecule has 0 bridgehead atoms.